The number of amides is 2. The van der Waals surface area contributed by atoms with Crippen LogP contribution in [0.1, 0.15) is 25.5 Å². The Bertz CT molecular complexity index is 629. The molecule has 6 nitrogen and oxygen atoms in total. The number of benzene rings is 1. The van der Waals surface area contributed by atoms with E-state index in [2.05, 4.69) is 42.5 Å². The van der Waals surface area contributed by atoms with Crippen LogP contribution in [0.15, 0.2) is 35.5 Å². The van der Waals surface area contributed by atoms with Gasteiger partial charge in [0.2, 0.25) is 3.92 Å². The summed E-state index contributed by atoms with van der Waals surface area (Å²) >= 11 is 6.46. The van der Waals surface area contributed by atoms with E-state index in [1.165, 1.54) is 0 Å². The summed E-state index contributed by atoms with van der Waals surface area (Å²) in [5.41, 5.74) is 1.63. The first-order valence-corrected chi connectivity index (χ1v) is 8.75. The second-order valence-corrected chi connectivity index (χ2v) is 7.63. The van der Waals surface area contributed by atoms with E-state index >= 15 is 0 Å². The molecule has 1 aliphatic heterocycles. The monoisotopic (exact) mass is 446 g/mol. The Morgan fingerprint density at radius 3 is 2.52 bits per heavy atom. The number of hydrogen-bond acceptors (Lipinski definition) is 4. The zero-order chi connectivity index (χ0) is 17.0. The molecule has 1 aromatic rings. The zero-order valence-corrected chi connectivity index (χ0v) is 15.7. The first kappa shape index (κ1) is 17.8. The molecule has 0 aliphatic carbocycles. The van der Waals surface area contributed by atoms with Crippen molar-refractivity contribution in [2.24, 2.45) is 0 Å². The van der Waals surface area contributed by atoms with Crippen molar-refractivity contribution in [2.45, 2.75) is 23.8 Å². The van der Waals surface area contributed by atoms with Crippen LogP contribution in [-0.4, -0.2) is 22.5 Å². The Morgan fingerprint density at radius 2 is 1.96 bits per heavy atom. The van der Waals surface area contributed by atoms with Crippen LogP contribution in [0.3, 0.4) is 0 Å². The molecule has 1 heterocycles. The highest BCUT2D eigenvalue weighted by Gasteiger charge is 2.32. The van der Waals surface area contributed by atoms with E-state index in [9.17, 15) is 9.59 Å². The van der Waals surface area contributed by atoms with Gasteiger partial charge in [-0.1, -0.05) is 12.1 Å². The van der Waals surface area contributed by atoms with E-state index in [1.54, 1.807) is 38.1 Å². The van der Waals surface area contributed by atoms with E-state index < -0.39 is 12.0 Å². The number of hydrogen-bond donors (Lipinski definition) is 2. The third-order valence-electron chi connectivity index (χ3n) is 3.20. The number of nitrogens with one attached hydrogen (secondary N) is 2. The molecule has 2 rings (SSSR count). The molecule has 0 saturated heterocycles. The highest BCUT2D eigenvalue weighted by atomic mass is 79.9. The van der Waals surface area contributed by atoms with Crippen molar-refractivity contribution in [1.29, 1.82) is 0 Å². The number of urea groups is 1. The lowest BCUT2D eigenvalue weighted by molar-refractivity contribution is -0.139. The summed E-state index contributed by atoms with van der Waals surface area (Å²) < 4.78 is 10.2. The van der Waals surface area contributed by atoms with Crippen molar-refractivity contribution < 1.29 is 19.1 Å². The molecular weight excluding hydrogens is 432 g/mol. The summed E-state index contributed by atoms with van der Waals surface area (Å²) in [4.78, 5) is 24.0. The van der Waals surface area contributed by atoms with Crippen molar-refractivity contribution >= 4 is 43.9 Å². The van der Waals surface area contributed by atoms with Gasteiger partial charge in [0, 0.05) is 5.70 Å². The molecule has 0 aromatic heterocycles. The molecule has 0 radical (unpaired) electrons. The fourth-order valence-corrected chi connectivity index (χ4v) is 2.70. The smallest absolute Gasteiger partial charge is 0.338 e. The molecular formula is C15H16Br2N2O4. The fraction of sp³-hybridized carbons (Fsp3) is 0.333. The van der Waals surface area contributed by atoms with Gasteiger partial charge in [-0.3, -0.25) is 0 Å². The van der Waals surface area contributed by atoms with E-state index in [1.807, 2.05) is 0 Å². The summed E-state index contributed by atoms with van der Waals surface area (Å²) in [7, 11) is 0. The summed E-state index contributed by atoms with van der Waals surface area (Å²) in [6.07, 6.45) is 0. The number of alkyl halides is 2. The lowest BCUT2D eigenvalue weighted by Gasteiger charge is -2.28. The number of rotatable bonds is 5. The molecule has 0 fully saturated rings. The highest BCUT2D eigenvalue weighted by Crippen LogP contribution is 2.29. The Labute approximate surface area is 150 Å². The minimum absolute atomic E-state index is 0.265. The molecule has 0 bridgehead atoms. The molecule has 1 atom stereocenters. The van der Waals surface area contributed by atoms with Gasteiger partial charge in [-0.25, -0.2) is 9.59 Å². The number of carbonyl (C=O) groups excluding carboxylic acids is 2. The van der Waals surface area contributed by atoms with Crippen LogP contribution < -0.4 is 15.4 Å². The topological polar surface area (TPSA) is 76.7 Å². The van der Waals surface area contributed by atoms with Gasteiger partial charge >= 0.3 is 12.0 Å². The predicted molar refractivity (Wildman–Crippen MR) is 92.5 cm³/mol. The van der Waals surface area contributed by atoms with Gasteiger partial charge < -0.3 is 20.1 Å². The van der Waals surface area contributed by atoms with Crippen LogP contribution in [0.5, 0.6) is 5.75 Å². The van der Waals surface area contributed by atoms with Crippen molar-refractivity contribution in [1.82, 2.24) is 10.6 Å². The van der Waals surface area contributed by atoms with Gasteiger partial charge in [-0.2, -0.15) is 0 Å². The Balaban J connectivity index is 2.32. The van der Waals surface area contributed by atoms with Crippen molar-refractivity contribution in [3.63, 3.8) is 0 Å². The standard InChI is InChI=1S/C15H16Br2N2O4/c1-3-22-13(20)11-8(2)18-15(21)19-12(11)9-4-6-10(7-5-9)23-14(16)17/h4-7,12,14H,3H2,1-2H3,(H2,18,19,21). The quantitative estimate of drug-likeness (QED) is 0.536. The van der Waals surface area contributed by atoms with E-state index in [0.29, 0.717) is 17.0 Å². The fourth-order valence-electron chi connectivity index (χ4n) is 2.26. The lowest BCUT2D eigenvalue weighted by atomic mass is 9.95. The van der Waals surface area contributed by atoms with Gasteiger partial charge in [0.25, 0.3) is 0 Å². The van der Waals surface area contributed by atoms with Gasteiger partial charge in [-0.05, 0) is 63.4 Å². The minimum atomic E-state index is -0.569. The number of carbonyl (C=O) groups is 2. The molecule has 2 amide bonds. The maximum Gasteiger partial charge on any atom is 0.338 e. The lowest BCUT2D eigenvalue weighted by Crippen LogP contribution is -2.45. The molecule has 0 spiro atoms. The summed E-state index contributed by atoms with van der Waals surface area (Å²) in [6.45, 7) is 3.68. The first-order chi connectivity index (χ1) is 10.9. The van der Waals surface area contributed by atoms with E-state index in [0.717, 1.165) is 5.56 Å². The second-order valence-electron chi connectivity index (χ2n) is 4.74. The predicted octanol–water partition coefficient (Wildman–Crippen LogP) is 3.33. The molecule has 1 unspecified atom stereocenters. The van der Waals surface area contributed by atoms with Crippen LogP contribution >= 0.6 is 31.9 Å². The van der Waals surface area contributed by atoms with Crippen LogP contribution in [0.2, 0.25) is 0 Å². The molecule has 23 heavy (non-hydrogen) atoms. The Hall–Kier alpha value is -1.54. The van der Waals surface area contributed by atoms with Gasteiger partial charge in [-0.15, -0.1) is 0 Å². The van der Waals surface area contributed by atoms with Gasteiger partial charge in [0.15, 0.2) is 0 Å². The van der Waals surface area contributed by atoms with Crippen LogP contribution in [0.25, 0.3) is 0 Å². The highest BCUT2D eigenvalue weighted by molar-refractivity contribution is 9.24. The molecule has 1 aliphatic rings. The zero-order valence-electron chi connectivity index (χ0n) is 12.6. The maximum absolute atomic E-state index is 12.2. The van der Waals surface area contributed by atoms with Gasteiger partial charge in [0.1, 0.15) is 5.75 Å². The molecule has 1 aromatic carbocycles. The molecule has 124 valence electrons. The number of halogens is 2. The van der Waals surface area contributed by atoms with Crippen LogP contribution in [0, 0.1) is 0 Å². The van der Waals surface area contributed by atoms with Crippen LogP contribution in [-0.2, 0) is 9.53 Å². The van der Waals surface area contributed by atoms with Crippen molar-refractivity contribution in [3.05, 3.63) is 41.1 Å². The van der Waals surface area contributed by atoms with Crippen molar-refractivity contribution in [3.8, 4) is 5.75 Å². The Morgan fingerprint density at radius 1 is 1.30 bits per heavy atom. The third kappa shape index (κ3) is 4.48. The molecule has 2 N–H and O–H groups in total. The summed E-state index contributed by atoms with van der Waals surface area (Å²) in [5.74, 6) is 0.190. The third-order valence-corrected chi connectivity index (χ3v) is 3.58. The van der Waals surface area contributed by atoms with E-state index in [-0.39, 0.29) is 16.6 Å². The maximum atomic E-state index is 12.2. The first-order valence-electron chi connectivity index (χ1n) is 6.92. The number of ether oxygens (including phenoxy) is 2. The van der Waals surface area contributed by atoms with Crippen LogP contribution in [0.4, 0.5) is 4.79 Å². The molecule has 0 saturated carbocycles. The summed E-state index contributed by atoms with van der Waals surface area (Å²) in [5, 5.41) is 5.34. The largest absolute Gasteiger partial charge is 0.469 e. The van der Waals surface area contributed by atoms with E-state index in [4.69, 9.17) is 9.47 Å². The molecule has 8 heteroatoms. The number of esters is 1. The normalized spacial score (nSPS) is 17.6. The minimum Gasteiger partial charge on any atom is -0.469 e. The Kier molecular flexibility index (Phi) is 6.06. The van der Waals surface area contributed by atoms with Gasteiger partial charge in [0.05, 0.1) is 18.2 Å². The number of allylic oxidation sites excluding steroid dienone is 1. The SMILES string of the molecule is CCOC(=O)C1=C(C)NC(=O)NC1c1ccc(OC(Br)Br)cc1. The van der Waals surface area contributed by atoms with Crippen molar-refractivity contribution in [2.75, 3.05) is 6.61 Å². The second kappa shape index (κ2) is 7.83. The average molecular weight is 448 g/mol. The average Bonchev–Trinajstić information content (AvgIpc) is 2.46. The summed E-state index contributed by atoms with van der Waals surface area (Å²) in [6, 6.07) is 6.18.